The molecule has 0 aliphatic heterocycles. The molecule has 1 heterocycles. The molecule has 0 bridgehead atoms. The number of amides is 1. The van der Waals surface area contributed by atoms with Crippen molar-refractivity contribution in [1.29, 1.82) is 0 Å². The lowest BCUT2D eigenvalue weighted by Gasteiger charge is -2.29. The molecule has 0 radical (unpaired) electrons. The SMILES string of the molecule is O=C(NCC(OCCO)c1cccs1)C1(c2ccc(Cl)cc2)CCCC1. The number of carbonyl (C=O) groups is 1. The van der Waals surface area contributed by atoms with Crippen molar-refractivity contribution in [3.63, 3.8) is 0 Å². The van der Waals surface area contributed by atoms with Gasteiger partial charge in [-0.2, -0.15) is 0 Å². The van der Waals surface area contributed by atoms with Crippen LogP contribution in [0.4, 0.5) is 0 Å². The quantitative estimate of drug-likeness (QED) is 0.710. The van der Waals surface area contributed by atoms with Gasteiger partial charge in [-0.05, 0) is 42.0 Å². The summed E-state index contributed by atoms with van der Waals surface area (Å²) in [5.41, 5.74) is 0.544. The minimum atomic E-state index is -0.485. The number of carbonyl (C=O) groups excluding carboxylic acids is 1. The summed E-state index contributed by atoms with van der Waals surface area (Å²) in [5, 5.41) is 14.8. The van der Waals surface area contributed by atoms with Gasteiger partial charge in [-0.3, -0.25) is 4.79 Å². The van der Waals surface area contributed by atoms with E-state index in [1.165, 1.54) is 0 Å². The molecule has 1 aliphatic rings. The van der Waals surface area contributed by atoms with Gasteiger partial charge >= 0.3 is 0 Å². The highest BCUT2D eigenvalue weighted by molar-refractivity contribution is 7.10. The number of aliphatic hydroxyl groups excluding tert-OH is 1. The Labute approximate surface area is 163 Å². The number of hydrogen-bond acceptors (Lipinski definition) is 4. The van der Waals surface area contributed by atoms with Gasteiger partial charge in [-0.1, -0.05) is 42.6 Å². The molecule has 1 aromatic heterocycles. The largest absolute Gasteiger partial charge is 0.394 e. The van der Waals surface area contributed by atoms with Gasteiger partial charge in [-0.15, -0.1) is 11.3 Å². The number of hydrogen-bond donors (Lipinski definition) is 2. The summed E-state index contributed by atoms with van der Waals surface area (Å²) in [7, 11) is 0. The minimum absolute atomic E-state index is 0.0372. The molecule has 0 spiro atoms. The summed E-state index contributed by atoms with van der Waals surface area (Å²) < 4.78 is 5.73. The Kier molecular flexibility index (Phi) is 6.70. The van der Waals surface area contributed by atoms with Crippen molar-refractivity contribution in [2.75, 3.05) is 19.8 Å². The van der Waals surface area contributed by atoms with E-state index in [2.05, 4.69) is 5.32 Å². The lowest BCUT2D eigenvalue weighted by molar-refractivity contribution is -0.127. The van der Waals surface area contributed by atoms with Crippen LogP contribution in [-0.2, 0) is 14.9 Å². The van der Waals surface area contributed by atoms with Crippen molar-refractivity contribution >= 4 is 28.8 Å². The molecule has 1 atom stereocenters. The van der Waals surface area contributed by atoms with E-state index >= 15 is 0 Å². The van der Waals surface area contributed by atoms with E-state index in [-0.39, 0.29) is 25.2 Å². The van der Waals surface area contributed by atoms with Gasteiger partial charge in [0.2, 0.25) is 5.91 Å². The number of nitrogens with one attached hydrogen (secondary N) is 1. The standard InChI is InChI=1S/C20H24ClNO3S/c21-16-7-5-15(6-8-16)20(9-1-2-10-20)19(24)22-14-17(25-12-11-23)18-4-3-13-26-18/h3-8,13,17,23H,1-2,9-12,14H2,(H,22,24). The summed E-state index contributed by atoms with van der Waals surface area (Å²) in [6.07, 6.45) is 3.55. The summed E-state index contributed by atoms with van der Waals surface area (Å²) >= 11 is 7.61. The minimum Gasteiger partial charge on any atom is -0.394 e. The fraction of sp³-hybridized carbons (Fsp3) is 0.450. The number of rotatable bonds is 8. The van der Waals surface area contributed by atoms with Gasteiger partial charge in [0.1, 0.15) is 6.10 Å². The molecule has 140 valence electrons. The first-order valence-corrected chi connectivity index (χ1v) is 10.2. The molecule has 1 aromatic carbocycles. The summed E-state index contributed by atoms with van der Waals surface area (Å²) in [6.45, 7) is 0.611. The van der Waals surface area contributed by atoms with Crippen molar-refractivity contribution < 1.29 is 14.6 Å². The highest BCUT2D eigenvalue weighted by atomic mass is 35.5. The smallest absolute Gasteiger partial charge is 0.230 e. The molecule has 4 nitrogen and oxygen atoms in total. The van der Waals surface area contributed by atoms with Crippen LogP contribution in [0.5, 0.6) is 0 Å². The van der Waals surface area contributed by atoms with Gasteiger partial charge in [-0.25, -0.2) is 0 Å². The van der Waals surface area contributed by atoms with Crippen molar-refractivity contribution in [1.82, 2.24) is 5.32 Å². The third kappa shape index (κ3) is 4.29. The Morgan fingerprint density at radius 2 is 2.00 bits per heavy atom. The molecule has 1 unspecified atom stereocenters. The van der Waals surface area contributed by atoms with E-state index in [9.17, 15) is 4.79 Å². The third-order valence-corrected chi connectivity index (χ3v) is 6.22. The number of ether oxygens (including phenoxy) is 1. The molecule has 3 rings (SSSR count). The van der Waals surface area contributed by atoms with Crippen molar-refractivity contribution in [3.8, 4) is 0 Å². The number of aliphatic hydroxyl groups is 1. The lowest BCUT2D eigenvalue weighted by Crippen LogP contribution is -2.44. The monoisotopic (exact) mass is 393 g/mol. The average molecular weight is 394 g/mol. The van der Waals surface area contributed by atoms with Crippen LogP contribution in [0, 0.1) is 0 Å². The summed E-state index contributed by atoms with van der Waals surface area (Å²) in [4.78, 5) is 14.2. The second-order valence-corrected chi connectivity index (χ2v) is 8.02. The fourth-order valence-corrected chi connectivity index (χ4v) is 4.56. The average Bonchev–Trinajstić information content (AvgIpc) is 3.35. The highest BCUT2D eigenvalue weighted by Crippen LogP contribution is 2.41. The van der Waals surface area contributed by atoms with Crippen LogP contribution in [0.15, 0.2) is 41.8 Å². The van der Waals surface area contributed by atoms with E-state index < -0.39 is 5.41 Å². The van der Waals surface area contributed by atoms with Crippen molar-refractivity contribution in [2.45, 2.75) is 37.2 Å². The van der Waals surface area contributed by atoms with E-state index in [0.717, 1.165) is 36.1 Å². The number of thiophene rings is 1. The van der Waals surface area contributed by atoms with Crippen LogP contribution < -0.4 is 5.32 Å². The fourth-order valence-electron chi connectivity index (χ4n) is 3.66. The first-order chi connectivity index (χ1) is 12.7. The number of benzene rings is 1. The van der Waals surface area contributed by atoms with E-state index in [0.29, 0.717) is 11.6 Å². The summed E-state index contributed by atoms with van der Waals surface area (Å²) in [6, 6.07) is 11.6. The van der Waals surface area contributed by atoms with E-state index in [4.69, 9.17) is 21.4 Å². The molecule has 2 N–H and O–H groups in total. The highest BCUT2D eigenvalue weighted by Gasteiger charge is 2.42. The maximum absolute atomic E-state index is 13.2. The van der Waals surface area contributed by atoms with Crippen LogP contribution in [0.3, 0.4) is 0 Å². The number of halogens is 1. The molecule has 1 amide bonds. The molecule has 0 saturated heterocycles. The molecule has 6 heteroatoms. The second kappa shape index (κ2) is 9.00. The predicted molar refractivity (Wildman–Crippen MR) is 105 cm³/mol. The zero-order chi connectivity index (χ0) is 18.4. The molecule has 1 saturated carbocycles. The van der Waals surface area contributed by atoms with Crippen LogP contribution in [0.1, 0.15) is 42.2 Å². The van der Waals surface area contributed by atoms with Crippen LogP contribution >= 0.6 is 22.9 Å². The Hall–Kier alpha value is -1.40. The molecular formula is C20H24ClNO3S. The van der Waals surface area contributed by atoms with Crippen LogP contribution in [0.2, 0.25) is 5.02 Å². The van der Waals surface area contributed by atoms with Crippen LogP contribution in [-0.4, -0.2) is 30.8 Å². The first kappa shape index (κ1) is 19.4. The lowest BCUT2D eigenvalue weighted by atomic mass is 9.78. The second-order valence-electron chi connectivity index (χ2n) is 6.60. The van der Waals surface area contributed by atoms with Crippen LogP contribution in [0.25, 0.3) is 0 Å². The topological polar surface area (TPSA) is 58.6 Å². The predicted octanol–water partition coefficient (Wildman–Crippen LogP) is 4.08. The molecule has 1 aliphatic carbocycles. The van der Waals surface area contributed by atoms with E-state index in [1.807, 2.05) is 41.8 Å². The molecule has 26 heavy (non-hydrogen) atoms. The zero-order valence-corrected chi connectivity index (χ0v) is 16.2. The first-order valence-electron chi connectivity index (χ1n) is 8.96. The normalized spacial score (nSPS) is 17.2. The van der Waals surface area contributed by atoms with Gasteiger partial charge in [0.25, 0.3) is 0 Å². The van der Waals surface area contributed by atoms with Crippen molar-refractivity contribution in [2.24, 2.45) is 0 Å². The zero-order valence-electron chi connectivity index (χ0n) is 14.6. The molecule has 2 aromatic rings. The Bertz CT molecular complexity index is 696. The maximum Gasteiger partial charge on any atom is 0.230 e. The third-order valence-electron chi connectivity index (χ3n) is 5.01. The van der Waals surface area contributed by atoms with E-state index in [1.54, 1.807) is 11.3 Å². The molecular weight excluding hydrogens is 370 g/mol. The Morgan fingerprint density at radius 1 is 1.27 bits per heavy atom. The molecule has 1 fully saturated rings. The van der Waals surface area contributed by atoms with Gasteiger partial charge in [0.05, 0.1) is 18.6 Å². The van der Waals surface area contributed by atoms with Gasteiger partial charge < -0.3 is 15.2 Å². The maximum atomic E-state index is 13.2. The Balaban J connectivity index is 1.72. The van der Waals surface area contributed by atoms with Gasteiger partial charge in [0.15, 0.2) is 0 Å². The summed E-state index contributed by atoms with van der Waals surface area (Å²) in [5.74, 6) is 0.0477. The van der Waals surface area contributed by atoms with Gasteiger partial charge in [0, 0.05) is 16.4 Å². The Morgan fingerprint density at radius 3 is 2.62 bits per heavy atom. The van der Waals surface area contributed by atoms with Crippen molar-refractivity contribution in [3.05, 3.63) is 57.2 Å².